The fraction of sp³-hybridized carbons (Fsp3) is 0.710. The fourth-order valence-electron chi connectivity index (χ4n) is 8.22. The first-order valence-electron chi connectivity index (χ1n) is 15.2. The van der Waals surface area contributed by atoms with E-state index in [1.807, 2.05) is 12.1 Å². The lowest BCUT2D eigenvalue weighted by molar-refractivity contribution is -0.188. The molecule has 3 aliphatic carbocycles. The Kier molecular flexibility index (Phi) is 7.04. The van der Waals surface area contributed by atoms with E-state index in [9.17, 15) is 20.0 Å². The molecule has 4 atom stereocenters. The second-order valence-electron chi connectivity index (χ2n) is 14.3. The van der Waals surface area contributed by atoms with Gasteiger partial charge < -0.3 is 14.6 Å². The van der Waals surface area contributed by atoms with E-state index < -0.39 is 30.7 Å². The van der Waals surface area contributed by atoms with Crippen LogP contribution in [0.5, 0.6) is 5.75 Å². The smallest absolute Gasteiger partial charge is 0.330 e. The molecule has 0 radical (unpaired) electrons. The van der Waals surface area contributed by atoms with Gasteiger partial charge in [-0.3, -0.25) is 14.6 Å². The molecule has 1 aromatic carbocycles. The molecular formula is C31H44N4O5Si. The number of carbonyl (C=O) groups excluding carboxylic acids is 2. The van der Waals surface area contributed by atoms with Gasteiger partial charge in [-0.15, -0.1) is 0 Å². The van der Waals surface area contributed by atoms with E-state index in [0.717, 1.165) is 36.9 Å². The van der Waals surface area contributed by atoms with Crippen LogP contribution < -0.4 is 4.74 Å². The molecule has 222 valence electrons. The summed E-state index contributed by atoms with van der Waals surface area (Å²) in [6, 6.07) is 8.70. The zero-order valence-corrected chi connectivity index (χ0v) is 25.9. The first-order chi connectivity index (χ1) is 19.5. The molecule has 1 aromatic rings. The SMILES string of the molecule is COc1ccc2c(c1)[C@]13CCN(CC4CC4)[C@H](C2)[C@]1(O)CC[C@]1(C3)C(=O)N(COCC[Si](C)(C)C)C(=O)N1CC#N. The van der Waals surface area contributed by atoms with Crippen LogP contribution >= 0.6 is 0 Å². The summed E-state index contributed by atoms with van der Waals surface area (Å²) in [6.45, 7) is 8.82. The lowest BCUT2D eigenvalue weighted by atomic mass is 9.46. The van der Waals surface area contributed by atoms with Crippen LogP contribution in [0.15, 0.2) is 18.2 Å². The number of aliphatic hydroxyl groups is 1. The third-order valence-electron chi connectivity index (χ3n) is 10.7. The van der Waals surface area contributed by atoms with Gasteiger partial charge in [-0.25, -0.2) is 9.69 Å². The summed E-state index contributed by atoms with van der Waals surface area (Å²) in [4.78, 5) is 33.2. The molecule has 5 aliphatic rings. The third-order valence-corrected chi connectivity index (χ3v) is 12.4. The van der Waals surface area contributed by atoms with Crippen LogP contribution in [0.2, 0.25) is 25.7 Å². The van der Waals surface area contributed by atoms with Gasteiger partial charge in [-0.2, -0.15) is 5.26 Å². The molecule has 2 saturated carbocycles. The maximum Gasteiger partial charge on any atom is 0.330 e. The Hall–Kier alpha value is -2.45. The number of carbonyl (C=O) groups is 2. The van der Waals surface area contributed by atoms with Crippen LogP contribution in [0, 0.1) is 17.2 Å². The van der Waals surface area contributed by atoms with Crippen LogP contribution in [0.4, 0.5) is 4.79 Å². The molecule has 0 aromatic heterocycles. The second-order valence-corrected chi connectivity index (χ2v) is 19.9. The van der Waals surface area contributed by atoms with Crippen molar-refractivity contribution in [1.29, 1.82) is 5.26 Å². The standard InChI is InChI=1S/C31H44N4O5Si/c1-39-24-8-7-23-17-26-31(38)10-9-30(20-29(31,25(23)18-24)11-13-33(26)19-22-5-6-22)27(36)34(28(37)35(30)14-12-32)21-40-15-16-41(2,3)4/h7-8,18,22,26,38H,5-6,9-11,13-17,19-21H2,1-4H3/t26-,29-,30+,31-/m1/s1. The number of nitriles is 1. The van der Waals surface area contributed by atoms with Crippen molar-refractivity contribution < 1.29 is 24.2 Å². The van der Waals surface area contributed by atoms with Crippen molar-refractivity contribution in [2.75, 3.05) is 40.1 Å². The van der Waals surface area contributed by atoms with Crippen molar-refractivity contribution in [3.8, 4) is 11.8 Å². The molecular weight excluding hydrogens is 536 g/mol. The highest BCUT2D eigenvalue weighted by molar-refractivity contribution is 6.76. The molecule has 6 rings (SSSR count). The average molecular weight is 581 g/mol. The number of rotatable bonds is 9. The first-order valence-corrected chi connectivity index (χ1v) is 18.9. The molecule has 2 bridgehead atoms. The quantitative estimate of drug-likeness (QED) is 0.205. The number of hydrogen-bond donors (Lipinski definition) is 1. The van der Waals surface area contributed by atoms with Crippen LogP contribution in [0.25, 0.3) is 0 Å². The molecule has 41 heavy (non-hydrogen) atoms. The first kappa shape index (κ1) is 28.7. The summed E-state index contributed by atoms with van der Waals surface area (Å²) >= 11 is 0. The lowest BCUT2D eigenvalue weighted by Gasteiger charge is -2.66. The van der Waals surface area contributed by atoms with Crippen molar-refractivity contribution in [3.05, 3.63) is 29.3 Å². The largest absolute Gasteiger partial charge is 0.497 e. The Morgan fingerprint density at radius 2 is 1.95 bits per heavy atom. The molecule has 1 N–H and O–H groups in total. The normalized spacial score (nSPS) is 33.1. The summed E-state index contributed by atoms with van der Waals surface area (Å²) in [7, 11) is 0.306. The molecule has 2 heterocycles. The average Bonchev–Trinajstić information content (AvgIpc) is 3.73. The van der Waals surface area contributed by atoms with E-state index >= 15 is 0 Å². The van der Waals surface area contributed by atoms with Gasteiger partial charge in [-0.05, 0) is 86.7 Å². The number of ether oxygens (including phenoxy) is 2. The number of nitrogens with zero attached hydrogens (tertiary/aromatic N) is 4. The molecule has 2 aliphatic heterocycles. The van der Waals surface area contributed by atoms with Crippen LogP contribution in [-0.2, 0) is 21.4 Å². The lowest BCUT2D eigenvalue weighted by Crippen LogP contribution is -2.76. The Labute approximate surface area is 244 Å². The predicted molar refractivity (Wildman–Crippen MR) is 156 cm³/mol. The minimum atomic E-state index is -1.34. The van der Waals surface area contributed by atoms with Gasteiger partial charge in [0.05, 0.1) is 18.8 Å². The molecule has 3 amide bonds. The molecule has 1 spiro atoms. The number of hydrogen-bond acceptors (Lipinski definition) is 7. The number of methoxy groups -OCH3 is 1. The van der Waals surface area contributed by atoms with Gasteiger partial charge in [0, 0.05) is 32.7 Å². The third kappa shape index (κ3) is 4.51. The monoisotopic (exact) mass is 580 g/mol. The molecule has 0 unspecified atom stereocenters. The van der Waals surface area contributed by atoms with E-state index in [0.29, 0.717) is 38.2 Å². The predicted octanol–water partition coefficient (Wildman–Crippen LogP) is 3.73. The van der Waals surface area contributed by atoms with E-state index in [1.54, 1.807) is 7.11 Å². The topological polar surface area (TPSA) is 106 Å². The summed E-state index contributed by atoms with van der Waals surface area (Å²) in [5, 5.41) is 22.6. The second kappa shape index (κ2) is 10.1. The van der Waals surface area contributed by atoms with E-state index in [2.05, 4.69) is 36.7 Å². The zero-order valence-electron chi connectivity index (χ0n) is 24.9. The molecule has 9 nitrogen and oxygen atoms in total. The van der Waals surface area contributed by atoms with Crippen molar-refractivity contribution in [3.63, 3.8) is 0 Å². The Bertz CT molecular complexity index is 1270. The van der Waals surface area contributed by atoms with Crippen molar-refractivity contribution in [2.45, 2.75) is 93.2 Å². The summed E-state index contributed by atoms with van der Waals surface area (Å²) in [5.74, 6) is 1.13. The van der Waals surface area contributed by atoms with Crippen LogP contribution in [-0.4, -0.2) is 97.1 Å². The maximum atomic E-state index is 14.3. The van der Waals surface area contributed by atoms with Crippen molar-refractivity contribution in [1.82, 2.24) is 14.7 Å². The van der Waals surface area contributed by atoms with Crippen molar-refractivity contribution in [2.24, 2.45) is 5.92 Å². The highest BCUT2D eigenvalue weighted by Gasteiger charge is 2.72. The van der Waals surface area contributed by atoms with E-state index in [4.69, 9.17) is 9.47 Å². The summed E-state index contributed by atoms with van der Waals surface area (Å²) in [6.07, 6.45) is 4.95. The minimum Gasteiger partial charge on any atom is -0.497 e. The van der Waals surface area contributed by atoms with Gasteiger partial charge in [0.25, 0.3) is 5.91 Å². The zero-order chi connectivity index (χ0) is 29.2. The number of fused-ring (bicyclic) bond motifs is 1. The highest BCUT2D eigenvalue weighted by Crippen LogP contribution is 2.62. The van der Waals surface area contributed by atoms with Gasteiger partial charge >= 0.3 is 6.03 Å². The summed E-state index contributed by atoms with van der Waals surface area (Å²) in [5.41, 5.74) is -0.775. The Morgan fingerprint density at radius 3 is 2.63 bits per heavy atom. The minimum absolute atomic E-state index is 0.0484. The van der Waals surface area contributed by atoms with Crippen LogP contribution in [0.3, 0.4) is 0 Å². The summed E-state index contributed by atoms with van der Waals surface area (Å²) < 4.78 is 11.5. The number of benzene rings is 1. The number of piperidine rings is 1. The van der Waals surface area contributed by atoms with Gasteiger partial charge in [0.2, 0.25) is 0 Å². The Balaban J connectivity index is 1.38. The van der Waals surface area contributed by atoms with Crippen LogP contribution in [0.1, 0.15) is 49.7 Å². The van der Waals surface area contributed by atoms with E-state index in [1.165, 1.54) is 28.2 Å². The van der Waals surface area contributed by atoms with E-state index in [-0.39, 0.29) is 25.2 Å². The van der Waals surface area contributed by atoms with Gasteiger partial charge in [-0.1, -0.05) is 25.7 Å². The Morgan fingerprint density at radius 1 is 1.17 bits per heavy atom. The van der Waals surface area contributed by atoms with Gasteiger partial charge in [0.15, 0.2) is 0 Å². The van der Waals surface area contributed by atoms with Gasteiger partial charge in [0.1, 0.15) is 24.6 Å². The molecule has 2 saturated heterocycles. The molecule has 10 heteroatoms. The number of amides is 3. The number of likely N-dealkylation sites (tertiary alicyclic amines) is 1. The fourth-order valence-corrected chi connectivity index (χ4v) is 8.98. The van der Waals surface area contributed by atoms with Crippen molar-refractivity contribution >= 4 is 20.0 Å². The number of urea groups is 1. The molecule has 4 fully saturated rings. The number of imide groups is 1. The maximum absolute atomic E-state index is 14.3. The highest BCUT2D eigenvalue weighted by atomic mass is 28.3.